The van der Waals surface area contributed by atoms with Gasteiger partial charge in [-0.25, -0.2) is 0 Å². The van der Waals surface area contributed by atoms with Gasteiger partial charge >= 0.3 is 0 Å². The van der Waals surface area contributed by atoms with Crippen LogP contribution in [-0.2, 0) is 13.5 Å². The van der Waals surface area contributed by atoms with Crippen LogP contribution in [0.1, 0.15) is 36.5 Å². The number of aryl methyl sites for hydroxylation is 2. The topological polar surface area (TPSA) is 64.2 Å². The highest BCUT2D eigenvalue weighted by molar-refractivity contribution is 8.00. The number of hydrogen-bond acceptors (Lipinski definition) is 4. The third-order valence-electron chi connectivity index (χ3n) is 3.58. The van der Waals surface area contributed by atoms with E-state index in [2.05, 4.69) is 12.0 Å². The monoisotopic (exact) mass is 282 g/mol. The van der Waals surface area contributed by atoms with Gasteiger partial charge in [0.15, 0.2) is 0 Å². The Kier molecular flexibility index (Phi) is 4.39. The predicted molar refractivity (Wildman–Crippen MR) is 79.4 cm³/mol. The first kappa shape index (κ1) is 14.2. The second-order valence-electron chi connectivity index (χ2n) is 4.84. The number of aromatic nitrogens is 2. The van der Waals surface area contributed by atoms with Crippen molar-refractivity contribution in [1.29, 1.82) is 0 Å². The zero-order valence-corrected chi connectivity index (χ0v) is 12.7. The molecule has 2 N–H and O–H groups in total. The van der Waals surface area contributed by atoms with E-state index < -0.39 is 0 Å². The van der Waals surface area contributed by atoms with Crippen LogP contribution in [0.15, 0.2) is 0 Å². The Morgan fingerprint density at radius 3 is 2.84 bits per heavy atom. The molecule has 1 saturated heterocycles. The van der Waals surface area contributed by atoms with Crippen LogP contribution in [0.2, 0.25) is 0 Å². The molecule has 0 aliphatic carbocycles. The van der Waals surface area contributed by atoms with E-state index in [0.717, 1.165) is 37.4 Å². The molecule has 1 aliphatic rings. The summed E-state index contributed by atoms with van der Waals surface area (Å²) >= 11 is 1.95. The molecule has 1 fully saturated rings. The number of thioether (sulfide) groups is 1. The first-order valence-electron chi connectivity index (χ1n) is 6.80. The summed E-state index contributed by atoms with van der Waals surface area (Å²) in [5.74, 6) is 1.02. The van der Waals surface area contributed by atoms with Crippen LogP contribution in [0, 0.1) is 0 Å². The number of anilines is 1. The van der Waals surface area contributed by atoms with Crippen molar-refractivity contribution < 1.29 is 4.79 Å². The summed E-state index contributed by atoms with van der Waals surface area (Å²) in [4.78, 5) is 14.5. The van der Waals surface area contributed by atoms with Gasteiger partial charge < -0.3 is 10.6 Å². The van der Waals surface area contributed by atoms with Gasteiger partial charge in [0, 0.05) is 31.1 Å². The van der Waals surface area contributed by atoms with Crippen LogP contribution in [-0.4, -0.2) is 44.7 Å². The molecule has 106 valence electrons. The van der Waals surface area contributed by atoms with E-state index >= 15 is 0 Å². The molecule has 2 rings (SSSR count). The van der Waals surface area contributed by atoms with Crippen LogP contribution >= 0.6 is 11.8 Å². The average Bonchev–Trinajstić information content (AvgIpc) is 2.72. The van der Waals surface area contributed by atoms with Crippen molar-refractivity contribution in [2.24, 2.45) is 7.05 Å². The smallest absolute Gasteiger partial charge is 0.274 e. The summed E-state index contributed by atoms with van der Waals surface area (Å²) < 4.78 is 1.62. The summed E-state index contributed by atoms with van der Waals surface area (Å²) in [5, 5.41) is 4.86. The molecular formula is C13H22N4OS. The highest BCUT2D eigenvalue weighted by Gasteiger charge is 2.28. The zero-order chi connectivity index (χ0) is 14.0. The maximum atomic E-state index is 12.6. The Bertz CT molecular complexity index is 471. The number of carbonyl (C=O) groups is 1. The average molecular weight is 282 g/mol. The lowest BCUT2D eigenvalue weighted by Crippen LogP contribution is -2.42. The summed E-state index contributed by atoms with van der Waals surface area (Å²) in [6.07, 6.45) is 1.84. The van der Waals surface area contributed by atoms with E-state index in [1.165, 1.54) is 0 Å². The molecule has 1 aromatic heterocycles. The van der Waals surface area contributed by atoms with Crippen molar-refractivity contribution in [1.82, 2.24) is 14.7 Å². The Hall–Kier alpha value is -1.17. The fourth-order valence-corrected chi connectivity index (χ4v) is 3.59. The van der Waals surface area contributed by atoms with Gasteiger partial charge in [0.25, 0.3) is 5.91 Å². The molecule has 1 amide bonds. The third-order valence-corrected chi connectivity index (χ3v) is 4.95. The lowest BCUT2D eigenvalue weighted by Gasteiger charge is -2.32. The van der Waals surface area contributed by atoms with Gasteiger partial charge in [0.2, 0.25) is 0 Å². The predicted octanol–water partition coefficient (Wildman–Crippen LogP) is 1.53. The molecule has 1 unspecified atom stereocenters. The minimum Gasteiger partial charge on any atom is -0.395 e. The Balaban J connectivity index is 2.22. The van der Waals surface area contributed by atoms with Crippen LogP contribution in [0.5, 0.6) is 0 Å². The standard InChI is InChI=1S/C13H22N4OS/c1-4-9-8-17(6-7-19-9)13(18)12-11(14)10(5-2)15-16(12)3/h9H,4-8,14H2,1-3H3. The second kappa shape index (κ2) is 5.86. The van der Waals surface area contributed by atoms with Crippen LogP contribution in [0.4, 0.5) is 5.69 Å². The highest BCUT2D eigenvalue weighted by atomic mass is 32.2. The van der Waals surface area contributed by atoms with Crippen molar-refractivity contribution in [2.75, 3.05) is 24.6 Å². The molecule has 2 heterocycles. The van der Waals surface area contributed by atoms with Crippen LogP contribution < -0.4 is 5.73 Å². The third kappa shape index (κ3) is 2.73. The molecule has 19 heavy (non-hydrogen) atoms. The molecular weight excluding hydrogens is 260 g/mol. The first-order valence-corrected chi connectivity index (χ1v) is 7.85. The maximum Gasteiger partial charge on any atom is 0.274 e. The van der Waals surface area contributed by atoms with Crippen LogP contribution in [0.3, 0.4) is 0 Å². The fraction of sp³-hybridized carbons (Fsp3) is 0.692. The molecule has 1 atom stereocenters. The number of nitrogens with two attached hydrogens (primary N) is 1. The molecule has 0 bridgehead atoms. The summed E-state index contributed by atoms with van der Waals surface area (Å²) in [6.45, 7) is 5.77. The molecule has 6 heteroatoms. The van der Waals surface area contributed by atoms with E-state index in [1.807, 2.05) is 23.6 Å². The quantitative estimate of drug-likeness (QED) is 0.913. The van der Waals surface area contributed by atoms with E-state index in [9.17, 15) is 4.79 Å². The van der Waals surface area contributed by atoms with Crippen LogP contribution in [0.25, 0.3) is 0 Å². The zero-order valence-electron chi connectivity index (χ0n) is 11.8. The van der Waals surface area contributed by atoms with Gasteiger partial charge in [-0.1, -0.05) is 13.8 Å². The van der Waals surface area contributed by atoms with Gasteiger partial charge in [0.1, 0.15) is 5.69 Å². The van der Waals surface area contributed by atoms with Crippen molar-refractivity contribution in [2.45, 2.75) is 31.9 Å². The largest absolute Gasteiger partial charge is 0.395 e. The molecule has 0 radical (unpaired) electrons. The number of hydrogen-bond donors (Lipinski definition) is 1. The van der Waals surface area contributed by atoms with E-state index in [-0.39, 0.29) is 5.91 Å². The van der Waals surface area contributed by atoms with Crippen molar-refractivity contribution in [3.05, 3.63) is 11.4 Å². The Morgan fingerprint density at radius 2 is 2.26 bits per heavy atom. The van der Waals surface area contributed by atoms with Gasteiger partial charge in [-0.05, 0) is 12.8 Å². The fourth-order valence-electron chi connectivity index (χ4n) is 2.41. The molecule has 1 aromatic rings. The Morgan fingerprint density at radius 1 is 1.53 bits per heavy atom. The second-order valence-corrected chi connectivity index (χ2v) is 6.25. The molecule has 0 aromatic carbocycles. The maximum absolute atomic E-state index is 12.6. The van der Waals surface area contributed by atoms with Gasteiger partial charge in [0.05, 0.1) is 11.4 Å². The summed E-state index contributed by atoms with van der Waals surface area (Å²) in [6, 6.07) is 0. The normalized spacial score (nSPS) is 19.7. The molecule has 0 spiro atoms. The molecule has 5 nitrogen and oxygen atoms in total. The number of carbonyl (C=O) groups excluding carboxylic acids is 1. The molecule has 0 saturated carbocycles. The Labute approximate surface area is 118 Å². The van der Waals surface area contributed by atoms with E-state index in [1.54, 1.807) is 11.7 Å². The van der Waals surface area contributed by atoms with Crippen molar-refractivity contribution in [3.8, 4) is 0 Å². The SMILES string of the molecule is CCc1nn(C)c(C(=O)N2CCSC(CC)C2)c1N. The summed E-state index contributed by atoms with van der Waals surface area (Å²) in [7, 11) is 1.79. The molecule has 1 aliphatic heterocycles. The summed E-state index contributed by atoms with van der Waals surface area (Å²) in [5.41, 5.74) is 7.95. The number of amides is 1. The van der Waals surface area contributed by atoms with Gasteiger partial charge in [-0.2, -0.15) is 16.9 Å². The number of nitrogens with zero attached hydrogens (tertiary/aromatic N) is 3. The first-order chi connectivity index (χ1) is 9.08. The minimum absolute atomic E-state index is 0.0194. The van der Waals surface area contributed by atoms with Gasteiger partial charge in [-0.15, -0.1) is 0 Å². The van der Waals surface area contributed by atoms with Crippen molar-refractivity contribution in [3.63, 3.8) is 0 Å². The minimum atomic E-state index is 0.0194. The highest BCUT2D eigenvalue weighted by Crippen LogP contribution is 2.24. The van der Waals surface area contributed by atoms with Crippen molar-refractivity contribution >= 4 is 23.4 Å². The van der Waals surface area contributed by atoms with Gasteiger partial charge in [-0.3, -0.25) is 9.48 Å². The lowest BCUT2D eigenvalue weighted by atomic mass is 10.2. The lowest BCUT2D eigenvalue weighted by molar-refractivity contribution is 0.0751. The van der Waals surface area contributed by atoms with E-state index in [0.29, 0.717) is 16.6 Å². The van der Waals surface area contributed by atoms with E-state index in [4.69, 9.17) is 5.73 Å². The number of nitrogen functional groups attached to an aromatic ring is 1. The number of rotatable bonds is 3.